The van der Waals surface area contributed by atoms with Crippen molar-refractivity contribution < 1.29 is 8.42 Å². The van der Waals surface area contributed by atoms with E-state index >= 15 is 0 Å². The Labute approximate surface area is 111 Å². The van der Waals surface area contributed by atoms with Crippen LogP contribution in [-0.2, 0) is 9.84 Å². The number of sulfone groups is 1. The first kappa shape index (κ1) is 13.0. The molecule has 3 nitrogen and oxygen atoms in total. The van der Waals surface area contributed by atoms with Crippen LogP contribution in [-0.4, -0.2) is 29.7 Å². The highest BCUT2D eigenvalue weighted by Crippen LogP contribution is 2.34. The van der Waals surface area contributed by atoms with Crippen molar-refractivity contribution in [2.24, 2.45) is 5.92 Å². The van der Waals surface area contributed by atoms with Gasteiger partial charge in [-0.25, -0.2) is 8.42 Å². The molecule has 3 atom stereocenters. The molecule has 0 amide bonds. The van der Waals surface area contributed by atoms with E-state index in [1.165, 1.54) is 0 Å². The second kappa shape index (κ2) is 5.06. The first-order valence-electron chi connectivity index (χ1n) is 5.75. The van der Waals surface area contributed by atoms with Crippen LogP contribution in [0.2, 0.25) is 0 Å². The van der Waals surface area contributed by atoms with Gasteiger partial charge in [0.1, 0.15) is 0 Å². The standard InChI is InChI=1S/C12H16BrNO2S/c1-9(11-4-2-3-6-14-11)12(13)10-5-7-17(15,16)8-10/h2-4,6,9-10,12H,5,7-8H2,1H3. The zero-order chi connectivity index (χ0) is 12.5. The van der Waals surface area contributed by atoms with Crippen molar-refractivity contribution >= 4 is 25.8 Å². The Hall–Kier alpha value is -0.420. The molecule has 3 unspecified atom stereocenters. The molecule has 0 aliphatic carbocycles. The fourth-order valence-corrected chi connectivity index (χ4v) is 5.12. The van der Waals surface area contributed by atoms with Gasteiger partial charge in [-0.2, -0.15) is 0 Å². The Morgan fingerprint density at radius 3 is 2.76 bits per heavy atom. The van der Waals surface area contributed by atoms with E-state index < -0.39 is 9.84 Å². The highest BCUT2D eigenvalue weighted by molar-refractivity contribution is 9.09. The number of nitrogens with zero attached hydrogens (tertiary/aromatic N) is 1. The van der Waals surface area contributed by atoms with Crippen LogP contribution in [0.3, 0.4) is 0 Å². The molecule has 1 saturated heterocycles. The molecule has 0 spiro atoms. The summed E-state index contributed by atoms with van der Waals surface area (Å²) < 4.78 is 22.9. The molecule has 0 radical (unpaired) electrons. The van der Waals surface area contributed by atoms with Crippen LogP contribution in [0.15, 0.2) is 24.4 Å². The Morgan fingerprint density at radius 1 is 1.47 bits per heavy atom. The van der Waals surface area contributed by atoms with Crippen molar-refractivity contribution in [3.8, 4) is 0 Å². The quantitative estimate of drug-likeness (QED) is 0.804. The van der Waals surface area contributed by atoms with E-state index in [9.17, 15) is 8.42 Å². The first-order valence-corrected chi connectivity index (χ1v) is 8.49. The Balaban J connectivity index is 2.08. The van der Waals surface area contributed by atoms with Crippen molar-refractivity contribution in [2.45, 2.75) is 24.1 Å². The predicted octanol–water partition coefficient (Wildman–Crippen LogP) is 2.38. The van der Waals surface area contributed by atoms with Gasteiger partial charge < -0.3 is 0 Å². The lowest BCUT2D eigenvalue weighted by Crippen LogP contribution is -2.22. The van der Waals surface area contributed by atoms with Crippen LogP contribution >= 0.6 is 15.9 Å². The summed E-state index contributed by atoms with van der Waals surface area (Å²) in [5, 5.41) is 0. The van der Waals surface area contributed by atoms with E-state index in [1.54, 1.807) is 6.20 Å². The van der Waals surface area contributed by atoms with Crippen molar-refractivity contribution in [3.05, 3.63) is 30.1 Å². The lowest BCUT2D eigenvalue weighted by atomic mass is 9.92. The Morgan fingerprint density at radius 2 is 2.24 bits per heavy atom. The SMILES string of the molecule is CC(c1ccccn1)C(Br)C1CCS(=O)(=O)C1. The lowest BCUT2D eigenvalue weighted by molar-refractivity contribution is 0.510. The van der Waals surface area contributed by atoms with Gasteiger partial charge in [-0.15, -0.1) is 0 Å². The summed E-state index contributed by atoms with van der Waals surface area (Å²) in [6.45, 7) is 2.09. The Kier molecular flexibility index (Phi) is 3.88. The van der Waals surface area contributed by atoms with E-state index in [4.69, 9.17) is 0 Å². The minimum absolute atomic E-state index is 0.176. The second-order valence-electron chi connectivity index (χ2n) is 4.65. The zero-order valence-corrected chi connectivity index (χ0v) is 12.1. The summed E-state index contributed by atoms with van der Waals surface area (Å²) in [6.07, 6.45) is 2.53. The van der Waals surface area contributed by atoms with Gasteiger partial charge >= 0.3 is 0 Å². The first-order chi connectivity index (χ1) is 7.99. The molecular weight excluding hydrogens is 302 g/mol. The number of rotatable bonds is 3. The van der Waals surface area contributed by atoms with E-state index in [0.717, 1.165) is 12.1 Å². The molecule has 1 aromatic rings. The van der Waals surface area contributed by atoms with Gasteiger partial charge in [0, 0.05) is 22.6 Å². The molecule has 2 heterocycles. The van der Waals surface area contributed by atoms with Crippen molar-refractivity contribution in [1.29, 1.82) is 0 Å². The molecule has 1 aromatic heterocycles. The molecule has 1 aliphatic rings. The van der Waals surface area contributed by atoms with Crippen LogP contribution in [0.4, 0.5) is 0 Å². The smallest absolute Gasteiger partial charge is 0.150 e. The monoisotopic (exact) mass is 317 g/mol. The highest BCUT2D eigenvalue weighted by atomic mass is 79.9. The van der Waals surface area contributed by atoms with Crippen LogP contribution in [0, 0.1) is 5.92 Å². The molecule has 94 valence electrons. The maximum atomic E-state index is 11.5. The van der Waals surface area contributed by atoms with Crippen LogP contribution in [0.1, 0.15) is 25.0 Å². The van der Waals surface area contributed by atoms with Crippen LogP contribution in [0.25, 0.3) is 0 Å². The minimum Gasteiger partial charge on any atom is -0.261 e. The summed E-state index contributed by atoms with van der Waals surface area (Å²) in [5.41, 5.74) is 1.01. The molecule has 0 N–H and O–H groups in total. The predicted molar refractivity (Wildman–Crippen MR) is 72.1 cm³/mol. The number of pyridine rings is 1. The van der Waals surface area contributed by atoms with Crippen molar-refractivity contribution in [2.75, 3.05) is 11.5 Å². The van der Waals surface area contributed by atoms with E-state index in [2.05, 4.69) is 27.8 Å². The average Bonchev–Trinajstić information content (AvgIpc) is 2.69. The number of aromatic nitrogens is 1. The zero-order valence-electron chi connectivity index (χ0n) is 9.71. The van der Waals surface area contributed by atoms with Gasteiger partial charge in [-0.05, 0) is 24.5 Å². The van der Waals surface area contributed by atoms with Gasteiger partial charge in [0.25, 0.3) is 0 Å². The summed E-state index contributed by atoms with van der Waals surface area (Å²) in [4.78, 5) is 4.50. The van der Waals surface area contributed by atoms with Gasteiger partial charge in [0.2, 0.25) is 0 Å². The number of hydrogen-bond donors (Lipinski definition) is 0. The van der Waals surface area contributed by atoms with E-state index in [0.29, 0.717) is 11.5 Å². The third kappa shape index (κ3) is 3.07. The van der Waals surface area contributed by atoms with Gasteiger partial charge in [-0.1, -0.05) is 28.9 Å². The molecule has 0 aromatic carbocycles. The summed E-state index contributed by atoms with van der Waals surface area (Å²) in [6, 6.07) is 5.84. The highest BCUT2D eigenvalue weighted by Gasteiger charge is 2.35. The topological polar surface area (TPSA) is 47.0 Å². The van der Waals surface area contributed by atoms with Gasteiger partial charge in [-0.3, -0.25) is 4.98 Å². The van der Waals surface area contributed by atoms with Gasteiger partial charge in [0.15, 0.2) is 9.84 Å². The maximum absolute atomic E-state index is 11.5. The fourth-order valence-electron chi connectivity index (χ4n) is 2.29. The molecule has 0 saturated carbocycles. The fraction of sp³-hybridized carbons (Fsp3) is 0.583. The third-order valence-corrected chi connectivity index (χ3v) is 6.68. The minimum atomic E-state index is -2.81. The molecule has 0 bridgehead atoms. The summed E-state index contributed by atoms with van der Waals surface area (Å²) in [7, 11) is -2.81. The summed E-state index contributed by atoms with van der Waals surface area (Å²) >= 11 is 3.65. The van der Waals surface area contributed by atoms with Crippen molar-refractivity contribution in [3.63, 3.8) is 0 Å². The normalized spacial score (nSPS) is 26.6. The number of hydrogen-bond acceptors (Lipinski definition) is 3. The van der Waals surface area contributed by atoms with Crippen LogP contribution < -0.4 is 0 Å². The molecule has 1 aliphatic heterocycles. The molecule has 17 heavy (non-hydrogen) atoms. The molecule has 5 heteroatoms. The Bertz CT molecular complexity index is 475. The second-order valence-corrected chi connectivity index (χ2v) is 7.94. The number of alkyl halides is 1. The molecular formula is C12H16BrNO2S. The molecule has 1 fully saturated rings. The van der Waals surface area contributed by atoms with Crippen LogP contribution in [0.5, 0.6) is 0 Å². The number of halogens is 1. The third-order valence-electron chi connectivity index (χ3n) is 3.35. The average molecular weight is 318 g/mol. The maximum Gasteiger partial charge on any atom is 0.150 e. The summed E-state index contributed by atoms with van der Waals surface area (Å²) in [5.74, 6) is 1.07. The van der Waals surface area contributed by atoms with Crippen molar-refractivity contribution in [1.82, 2.24) is 4.98 Å². The molecule has 2 rings (SSSR count). The lowest BCUT2D eigenvalue weighted by Gasteiger charge is -2.22. The van der Waals surface area contributed by atoms with E-state index in [-0.39, 0.29) is 16.7 Å². The van der Waals surface area contributed by atoms with E-state index in [1.807, 2.05) is 18.2 Å². The largest absolute Gasteiger partial charge is 0.261 e. The van der Waals surface area contributed by atoms with Gasteiger partial charge in [0.05, 0.1) is 11.5 Å².